The van der Waals surface area contributed by atoms with Crippen molar-refractivity contribution < 1.29 is 24.5 Å². The second-order valence-electron chi connectivity index (χ2n) is 8.00. The van der Waals surface area contributed by atoms with Gasteiger partial charge in [-0.1, -0.05) is 12.1 Å². The molecule has 1 aliphatic rings. The number of aromatic nitrogens is 1. The lowest BCUT2D eigenvalue weighted by Crippen LogP contribution is -1.93. The molecule has 8 heteroatoms. The van der Waals surface area contributed by atoms with Crippen molar-refractivity contribution in [2.45, 2.75) is 26.2 Å². The molecule has 3 N–H and O–H groups in total. The molecular weight excluding hydrogens is 422 g/mol. The van der Waals surface area contributed by atoms with E-state index in [-0.39, 0.29) is 34.4 Å². The number of para-hydroxylation sites is 1. The normalized spacial score (nSPS) is 13.0. The van der Waals surface area contributed by atoms with Crippen LogP contribution in [0.3, 0.4) is 0 Å². The summed E-state index contributed by atoms with van der Waals surface area (Å²) in [4.78, 5) is 11.1. The Hall–Kier alpha value is -4.33. The highest BCUT2D eigenvalue weighted by atomic mass is 16.4. The second-order valence-corrected chi connectivity index (χ2v) is 8.00. The molecule has 2 aromatic carbocycles. The molecule has 0 radical (unpaired) electrons. The van der Waals surface area contributed by atoms with Crippen LogP contribution in [0.2, 0.25) is 0 Å². The van der Waals surface area contributed by atoms with Gasteiger partial charge in [0, 0.05) is 11.9 Å². The van der Waals surface area contributed by atoms with Gasteiger partial charge in [0.2, 0.25) is 11.6 Å². The standard InChI is InChI=1S/C25H21N3O5/c1-14-13-28(17-9-8-15-4-2-5-16(15)12-17)24(30)22(14)27-26-19-7-3-6-18(23(19)29)20-10-11-21(33-20)25(31)32/h3,6-13,29-30H,2,4-5H2,1H3,(H,31,32). The number of hydrogen-bond donors (Lipinski definition) is 3. The van der Waals surface area contributed by atoms with Gasteiger partial charge < -0.3 is 19.7 Å². The number of rotatable bonds is 5. The summed E-state index contributed by atoms with van der Waals surface area (Å²) in [6.45, 7) is 1.82. The smallest absolute Gasteiger partial charge is 0.371 e. The largest absolute Gasteiger partial charge is 0.505 e. The number of aromatic carboxylic acids is 1. The highest BCUT2D eigenvalue weighted by Crippen LogP contribution is 2.41. The van der Waals surface area contributed by atoms with Crippen LogP contribution >= 0.6 is 0 Å². The Bertz CT molecular complexity index is 1410. The minimum Gasteiger partial charge on any atom is -0.505 e. The number of benzene rings is 2. The zero-order chi connectivity index (χ0) is 23.1. The van der Waals surface area contributed by atoms with E-state index >= 15 is 0 Å². The maximum Gasteiger partial charge on any atom is 0.371 e. The molecule has 0 fully saturated rings. The maximum absolute atomic E-state index is 11.1. The number of fused-ring (bicyclic) bond motifs is 1. The SMILES string of the molecule is Cc1cn(-c2ccc3c(c2)CCC3)c(O)c1N=Nc1cccc(-c2ccc(C(=O)O)o2)c1O. The van der Waals surface area contributed by atoms with Crippen LogP contribution in [0.4, 0.5) is 11.4 Å². The molecule has 4 aromatic rings. The lowest BCUT2D eigenvalue weighted by atomic mass is 10.1. The van der Waals surface area contributed by atoms with Crippen LogP contribution in [0.25, 0.3) is 17.0 Å². The van der Waals surface area contributed by atoms with Gasteiger partial charge in [0.15, 0.2) is 11.4 Å². The third-order valence-corrected chi connectivity index (χ3v) is 5.85. The number of phenols is 1. The molecule has 0 bridgehead atoms. The summed E-state index contributed by atoms with van der Waals surface area (Å²) in [6.07, 6.45) is 5.07. The van der Waals surface area contributed by atoms with E-state index in [2.05, 4.69) is 22.4 Å². The molecule has 33 heavy (non-hydrogen) atoms. The number of carbonyl (C=O) groups is 1. The summed E-state index contributed by atoms with van der Waals surface area (Å²) in [6, 6.07) is 13.7. The fourth-order valence-electron chi connectivity index (χ4n) is 4.15. The number of azo groups is 1. The zero-order valence-electron chi connectivity index (χ0n) is 17.8. The van der Waals surface area contributed by atoms with Crippen LogP contribution in [0.5, 0.6) is 11.6 Å². The number of hydrogen-bond acceptors (Lipinski definition) is 6. The van der Waals surface area contributed by atoms with Gasteiger partial charge in [0.1, 0.15) is 11.4 Å². The molecule has 0 saturated heterocycles. The number of aryl methyl sites for hydroxylation is 3. The number of furan rings is 1. The third-order valence-electron chi connectivity index (χ3n) is 5.85. The van der Waals surface area contributed by atoms with Crippen molar-refractivity contribution >= 4 is 17.3 Å². The highest BCUT2D eigenvalue weighted by Gasteiger charge is 2.18. The van der Waals surface area contributed by atoms with E-state index in [4.69, 9.17) is 9.52 Å². The van der Waals surface area contributed by atoms with Gasteiger partial charge in [-0.05, 0) is 79.3 Å². The van der Waals surface area contributed by atoms with Crippen LogP contribution < -0.4 is 0 Å². The molecule has 0 aliphatic heterocycles. The van der Waals surface area contributed by atoms with Crippen molar-refractivity contribution in [3.63, 3.8) is 0 Å². The van der Waals surface area contributed by atoms with Gasteiger partial charge in [0.25, 0.3) is 0 Å². The summed E-state index contributed by atoms with van der Waals surface area (Å²) in [5.74, 6) is -1.48. The molecule has 2 aromatic heterocycles. The number of carboxylic acid groups (broad SMARTS) is 1. The van der Waals surface area contributed by atoms with Crippen molar-refractivity contribution in [3.05, 3.63) is 77.2 Å². The Labute approximate surface area is 189 Å². The Balaban J connectivity index is 1.47. The average Bonchev–Trinajstić information content (AvgIpc) is 3.52. The number of aromatic hydroxyl groups is 2. The molecule has 2 heterocycles. The molecule has 1 aliphatic carbocycles. The first-order chi connectivity index (χ1) is 15.9. The van der Waals surface area contributed by atoms with E-state index in [0.29, 0.717) is 5.69 Å². The van der Waals surface area contributed by atoms with Crippen LogP contribution in [0.15, 0.2) is 69.4 Å². The first kappa shape index (κ1) is 20.6. The molecular formula is C25H21N3O5. The van der Waals surface area contributed by atoms with Gasteiger partial charge in [-0.25, -0.2) is 4.79 Å². The van der Waals surface area contributed by atoms with E-state index in [9.17, 15) is 15.0 Å². The van der Waals surface area contributed by atoms with Crippen LogP contribution in [-0.2, 0) is 12.8 Å². The first-order valence-electron chi connectivity index (χ1n) is 10.5. The zero-order valence-corrected chi connectivity index (χ0v) is 17.8. The Morgan fingerprint density at radius 3 is 2.64 bits per heavy atom. The first-order valence-corrected chi connectivity index (χ1v) is 10.5. The summed E-state index contributed by atoms with van der Waals surface area (Å²) >= 11 is 0. The Morgan fingerprint density at radius 2 is 1.85 bits per heavy atom. The summed E-state index contributed by atoms with van der Waals surface area (Å²) < 4.78 is 6.95. The minimum atomic E-state index is -1.20. The Morgan fingerprint density at radius 1 is 1.03 bits per heavy atom. The van der Waals surface area contributed by atoms with Crippen molar-refractivity contribution in [1.82, 2.24) is 4.57 Å². The second kappa shape index (κ2) is 7.98. The average molecular weight is 443 g/mol. The Kier molecular flexibility index (Phi) is 4.97. The fourth-order valence-corrected chi connectivity index (χ4v) is 4.15. The molecule has 0 unspecified atom stereocenters. The topological polar surface area (TPSA) is 121 Å². The van der Waals surface area contributed by atoms with Crippen LogP contribution in [0.1, 0.15) is 33.7 Å². The third kappa shape index (κ3) is 3.65. The summed E-state index contributed by atoms with van der Waals surface area (Å²) in [7, 11) is 0. The van der Waals surface area contributed by atoms with Gasteiger partial charge in [-0.15, -0.1) is 10.2 Å². The lowest BCUT2D eigenvalue weighted by molar-refractivity contribution is 0.0663. The molecule has 0 spiro atoms. The molecule has 5 rings (SSSR count). The van der Waals surface area contributed by atoms with E-state index in [0.717, 1.165) is 30.5 Å². The van der Waals surface area contributed by atoms with Gasteiger partial charge in [-0.2, -0.15) is 0 Å². The highest BCUT2D eigenvalue weighted by molar-refractivity contribution is 5.85. The van der Waals surface area contributed by atoms with Crippen LogP contribution in [0, 0.1) is 6.92 Å². The van der Waals surface area contributed by atoms with Crippen molar-refractivity contribution in [2.24, 2.45) is 10.2 Å². The number of carboxylic acids is 1. The molecule has 0 saturated carbocycles. The molecule has 0 atom stereocenters. The summed E-state index contributed by atoms with van der Waals surface area (Å²) in [5, 5.41) is 38.8. The molecule has 8 nitrogen and oxygen atoms in total. The monoisotopic (exact) mass is 443 g/mol. The molecule has 166 valence electrons. The van der Waals surface area contributed by atoms with E-state index < -0.39 is 5.97 Å². The van der Waals surface area contributed by atoms with Gasteiger partial charge in [0.05, 0.1) is 5.56 Å². The quantitative estimate of drug-likeness (QED) is 0.324. The minimum absolute atomic E-state index is 0.0398. The van der Waals surface area contributed by atoms with E-state index in [1.165, 1.54) is 23.3 Å². The molecule has 0 amide bonds. The van der Waals surface area contributed by atoms with Crippen molar-refractivity contribution in [1.29, 1.82) is 0 Å². The number of nitrogens with zero attached hydrogens (tertiary/aromatic N) is 3. The predicted molar refractivity (Wildman–Crippen MR) is 121 cm³/mol. The van der Waals surface area contributed by atoms with E-state index in [1.54, 1.807) is 29.0 Å². The van der Waals surface area contributed by atoms with Crippen molar-refractivity contribution in [3.8, 4) is 28.6 Å². The fraction of sp³-hybridized carbons (Fsp3) is 0.160. The van der Waals surface area contributed by atoms with Crippen LogP contribution in [-0.4, -0.2) is 25.9 Å². The van der Waals surface area contributed by atoms with Gasteiger partial charge >= 0.3 is 5.97 Å². The van der Waals surface area contributed by atoms with Gasteiger partial charge in [-0.3, -0.25) is 4.57 Å². The lowest BCUT2D eigenvalue weighted by Gasteiger charge is -2.07. The predicted octanol–water partition coefficient (Wildman–Crippen LogP) is 6.06. The summed E-state index contributed by atoms with van der Waals surface area (Å²) in [5.41, 5.74) is 4.97. The van der Waals surface area contributed by atoms with Crippen molar-refractivity contribution in [2.75, 3.05) is 0 Å². The maximum atomic E-state index is 11.1. The number of phenolic OH excluding ortho intramolecular Hbond substituents is 1. The van der Waals surface area contributed by atoms with E-state index in [1.807, 2.05) is 13.0 Å².